The molecule has 122 valence electrons. The zero-order chi connectivity index (χ0) is 16.2. The van der Waals surface area contributed by atoms with Crippen molar-refractivity contribution in [2.24, 2.45) is 0 Å². The number of carbonyl (C=O) groups excluding carboxylic acids is 1. The molecule has 1 aliphatic heterocycles. The van der Waals surface area contributed by atoms with Gasteiger partial charge in [-0.2, -0.15) is 4.98 Å². The first-order valence-electron chi connectivity index (χ1n) is 8.39. The Morgan fingerprint density at radius 3 is 2.83 bits per heavy atom. The lowest BCUT2D eigenvalue weighted by Crippen LogP contribution is -2.38. The van der Waals surface area contributed by atoms with E-state index in [2.05, 4.69) is 10.1 Å². The molecule has 1 aromatic heterocycles. The summed E-state index contributed by atoms with van der Waals surface area (Å²) in [7, 11) is 0. The van der Waals surface area contributed by atoms with Crippen molar-refractivity contribution in [3.8, 4) is 11.4 Å². The quantitative estimate of drug-likeness (QED) is 0.859. The Morgan fingerprint density at radius 2 is 2.09 bits per heavy atom. The van der Waals surface area contributed by atoms with Gasteiger partial charge in [-0.05, 0) is 32.6 Å². The Labute approximate surface area is 136 Å². The SMILES string of the molecule is CCCC(=O)N1CCCCC1c1nc(-c2ccc(C)cc2)no1. The predicted octanol–water partition coefficient (Wildman–Crippen LogP) is 3.90. The molecule has 0 saturated carbocycles. The molecule has 2 aromatic rings. The van der Waals surface area contributed by atoms with Gasteiger partial charge in [0.15, 0.2) is 0 Å². The van der Waals surface area contributed by atoms with Crippen LogP contribution >= 0.6 is 0 Å². The number of likely N-dealkylation sites (tertiary alicyclic amines) is 1. The number of rotatable bonds is 4. The van der Waals surface area contributed by atoms with E-state index in [1.54, 1.807) is 0 Å². The number of benzene rings is 1. The Bertz CT molecular complexity index is 663. The molecule has 5 nitrogen and oxygen atoms in total. The monoisotopic (exact) mass is 313 g/mol. The summed E-state index contributed by atoms with van der Waals surface area (Å²) in [6.07, 6.45) is 4.47. The summed E-state index contributed by atoms with van der Waals surface area (Å²) in [5, 5.41) is 4.11. The van der Waals surface area contributed by atoms with Gasteiger partial charge in [-0.15, -0.1) is 0 Å². The van der Waals surface area contributed by atoms with E-state index < -0.39 is 0 Å². The molecule has 1 aromatic carbocycles. The van der Waals surface area contributed by atoms with Gasteiger partial charge in [0, 0.05) is 18.5 Å². The van der Waals surface area contributed by atoms with Crippen molar-refractivity contribution < 1.29 is 9.32 Å². The number of nitrogens with zero attached hydrogens (tertiary/aromatic N) is 3. The van der Waals surface area contributed by atoms with Crippen molar-refractivity contribution in [1.29, 1.82) is 0 Å². The average molecular weight is 313 g/mol. The molecule has 0 radical (unpaired) electrons. The third-order valence-corrected chi connectivity index (χ3v) is 4.32. The highest BCUT2D eigenvalue weighted by atomic mass is 16.5. The average Bonchev–Trinajstić information content (AvgIpc) is 3.05. The molecule has 0 aliphatic carbocycles. The summed E-state index contributed by atoms with van der Waals surface area (Å²) >= 11 is 0. The van der Waals surface area contributed by atoms with Gasteiger partial charge in [0.1, 0.15) is 6.04 Å². The van der Waals surface area contributed by atoms with E-state index in [4.69, 9.17) is 4.52 Å². The minimum absolute atomic E-state index is 0.0745. The Balaban J connectivity index is 1.82. The lowest BCUT2D eigenvalue weighted by atomic mass is 10.0. The van der Waals surface area contributed by atoms with Crippen molar-refractivity contribution in [3.63, 3.8) is 0 Å². The van der Waals surface area contributed by atoms with Crippen molar-refractivity contribution in [2.45, 2.75) is 52.0 Å². The van der Waals surface area contributed by atoms with Crippen molar-refractivity contribution in [1.82, 2.24) is 15.0 Å². The molecule has 1 unspecified atom stereocenters. The number of carbonyl (C=O) groups is 1. The summed E-state index contributed by atoms with van der Waals surface area (Å²) in [5.74, 6) is 1.34. The van der Waals surface area contributed by atoms with Gasteiger partial charge in [-0.1, -0.05) is 41.9 Å². The molecule has 0 N–H and O–H groups in total. The molecule has 1 amide bonds. The molecule has 1 aliphatic rings. The molecule has 3 rings (SSSR count). The van der Waals surface area contributed by atoms with Crippen LogP contribution in [0, 0.1) is 6.92 Å². The molecule has 0 spiro atoms. The second-order valence-electron chi connectivity index (χ2n) is 6.17. The van der Waals surface area contributed by atoms with Gasteiger partial charge < -0.3 is 9.42 Å². The molecule has 5 heteroatoms. The summed E-state index contributed by atoms with van der Waals surface area (Å²) in [6, 6.07) is 7.97. The second kappa shape index (κ2) is 6.94. The fourth-order valence-electron chi connectivity index (χ4n) is 3.03. The maximum Gasteiger partial charge on any atom is 0.249 e. The van der Waals surface area contributed by atoms with Crippen LogP contribution in [0.25, 0.3) is 11.4 Å². The molecule has 2 heterocycles. The summed E-state index contributed by atoms with van der Waals surface area (Å²) < 4.78 is 5.49. The van der Waals surface area contributed by atoms with Gasteiger partial charge in [0.2, 0.25) is 17.6 Å². The number of amides is 1. The number of hydrogen-bond acceptors (Lipinski definition) is 4. The minimum atomic E-state index is -0.0745. The van der Waals surface area contributed by atoms with E-state index in [0.717, 1.165) is 37.8 Å². The van der Waals surface area contributed by atoms with Crippen LogP contribution in [0.2, 0.25) is 0 Å². The molecular weight excluding hydrogens is 290 g/mol. The first kappa shape index (κ1) is 15.7. The van der Waals surface area contributed by atoms with E-state index in [0.29, 0.717) is 18.1 Å². The summed E-state index contributed by atoms with van der Waals surface area (Å²) in [5.41, 5.74) is 2.13. The number of aryl methyl sites for hydroxylation is 1. The van der Waals surface area contributed by atoms with Crippen molar-refractivity contribution in [3.05, 3.63) is 35.7 Å². The molecule has 1 saturated heterocycles. The van der Waals surface area contributed by atoms with Crippen LogP contribution in [0.3, 0.4) is 0 Å². The molecule has 1 atom stereocenters. The lowest BCUT2D eigenvalue weighted by Gasteiger charge is -2.33. The highest BCUT2D eigenvalue weighted by Gasteiger charge is 2.31. The topological polar surface area (TPSA) is 59.2 Å². The number of aromatic nitrogens is 2. The Hall–Kier alpha value is -2.17. The van der Waals surface area contributed by atoms with Crippen LogP contribution in [0.15, 0.2) is 28.8 Å². The second-order valence-corrected chi connectivity index (χ2v) is 6.17. The largest absolute Gasteiger partial charge is 0.337 e. The van der Waals surface area contributed by atoms with Crippen LogP contribution < -0.4 is 0 Å². The fourth-order valence-corrected chi connectivity index (χ4v) is 3.03. The minimum Gasteiger partial charge on any atom is -0.337 e. The third kappa shape index (κ3) is 3.44. The molecule has 0 bridgehead atoms. The first-order chi connectivity index (χ1) is 11.2. The zero-order valence-electron chi connectivity index (χ0n) is 13.8. The van der Waals surface area contributed by atoms with Gasteiger partial charge in [-0.25, -0.2) is 0 Å². The van der Waals surface area contributed by atoms with E-state index in [1.165, 1.54) is 5.56 Å². The van der Waals surface area contributed by atoms with Gasteiger partial charge >= 0.3 is 0 Å². The Morgan fingerprint density at radius 1 is 1.30 bits per heavy atom. The predicted molar refractivity (Wildman–Crippen MR) is 87.7 cm³/mol. The standard InChI is InChI=1S/C18H23N3O2/c1-3-6-16(22)21-12-5-4-7-15(21)18-19-17(20-23-18)14-10-8-13(2)9-11-14/h8-11,15H,3-7,12H2,1-2H3. The van der Waals surface area contributed by atoms with E-state index in [1.807, 2.05) is 43.0 Å². The zero-order valence-corrected chi connectivity index (χ0v) is 13.8. The van der Waals surface area contributed by atoms with Crippen molar-refractivity contribution >= 4 is 5.91 Å². The van der Waals surface area contributed by atoms with E-state index >= 15 is 0 Å². The van der Waals surface area contributed by atoms with Gasteiger partial charge in [0.25, 0.3) is 0 Å². The molecular formula is C18H23N3O2. The van der Waals surface area contributed by atoms with Crippen LogP contribution in [-0.4, -0.2) is 27.5 Å². The number of hydrogen-bond donors (Lipinski definition) is 0. The third-order valence-electron chi connectivity index (χ3n) is 4.32. The summed E-state index contributed by atoms with van der Waals surface area (Å²) in [4.78, 5) is 18.8. The normalized spacial score (nSPS) is 18.2. The number of piperidine rings is 1. The van der Waals surface area contributed by atoms with Crippen molar-refractivity contribution in [2.75, 3.05) is 6.54 Å². The van der Waals surface area contributed by atoms with Crippen LogP contribution in [-0.2, 0) is 4.79 Å². The highest BCUT2D eigenvalue weighted by Crippen LogP contribution is 2.31. The van der Waals surface area contributed by atoms with Crippen LogP contribution in [0.1, 0.15) is 56.5 Å². The van der Waals surface area contributed by atoms with Crippen LogP contribution in [0.4, 0.5) is 0 Å². The molecule has 1 fully saturated rings. The highest BCUT2D eigenvalue weighted by molar-refractivity contribution is 5.76. The van der Waals surface area contributed by atoms with Gasteiger partial charge in [-0.3, -0.25) is 4.79 Å². The maximum atomic E-state index is 12.3. The van der Waals surface area contributed by atoms with E-state index in [-0.39, 0.29) is 11.9 Å². The smallest absolute Gasteiger partial charge is 0.249 e. The van der Waals surface area contributed by atoms with Crippen LogP contribution in [0.5, 0.6) is 0 Å². The maximum absolute atomic E-state index is 12.3. The Kier molecular flexibility index (Phi) is 4.74. The van der Waals surface area contributed by atoms with Gasteiger partial charge in [0.05, 0.1) is 0 Å². The van der Waals surface area contributed by atoms with E-state index in [9.17, 15) is 4.79 Å². The summed E-state index contributed by atoms with van der Waals surface area (Å²) in [6.45, 7) is 4.86. The fraction of sp³-hybridized carbons (Fsp3) is 0.500. The lowest BCUT2D eigenvalue weighted by molar-refractivity contribution is -0.135. The molecule has 23 heavy (non-hydrogen) atoms. The first-order valence-corrected chi connectivity index (χ1v) is 8.39.